The summed E-state index contributed by atoms with van der Waals surface area (Å²) < 4.78 is 46.1. The van der Waals surface area contributed by atoms with Gasteiger partial charge < -0.3 is 20.3 Å². The predicted octanol–water partition coefficient (Wildman–Crippen LogP) is 4.92. The molecule has 1 aromatic carbocycles. The van der Waals surface area contributed by atoms with Crippen LogP contribution in [0, 0.1) is 34.5 Å². The number of halogens is 3. The normalized spacial score (nSPS) is 26.4. The van der Waals surface area contributed by atoms with Crippen LogP contribution < -0.4 is 15.5 Å². The number of carbonyl (C=O) groups excluding carboxylic acids is 3. The van der Waals surface area contributed by atoms with E-state index in [1.54, 1.807) is 18.7 Å². The van der Waals surface area contributed by atoms with Crippen LogP contribution in [0.25, 0.3) is 0 Å². The van der Waals surface area contributed by atoms with Gasteiger partial charge in [0.15, 0.2) is 5.11 Å². The number of hydrogen-bond acceptors (Lipinski definition) is 6. The lowest BCUT2D eigenvalue weighted by Gasteiger charge is -2.56. The van der Waals surface area contributed by atoms with E-state index in [2.05, 4.69) is 10.6 Å². The van der Waals surface area contributed by atoms with E-state index in [1.807, 2.05) is 0 Å². The first kappa shape index (κ1) is 34.1. The predicted molar refractivity (Wildman–Crippen MR) is 168 cm³/mol. The molecule has 250 valence electrons. The fourth-order valence-electron chi connectivity index (χ4n) is 8.46. The molecule has 0 unspecified atom stereocenters. The lowest BCUT2D eigenvalue weighted by Crippen LogP contribution is -2.48. The van der Waals surface area contributed by atoms with Gasteiger partial charge in [0.05, 0.1) is 36.1 Å². The maximum atomic E-state index is 13.5. The number of alkyl halides is 3. The van der Waals surface area contributed by atoms with Crippen LogP contribution >= 0.6 is 12.2 Å². The van der Waals surface area contributed by atoms with E-state index in [9.17, 15) is 27.6 Å². The summed E-state index contributed by atoms with van der Waals surface area (Å²) in [6.07, 6.45) is 4.02. The van der Waals surface area contributed by atoms with Gasteiger partial charge in [-0.05, 0) is 112 Å². The SMILES string of the molecule is CC1(C)C(=O)N(c2ccc(C#N)c(C(F)(F)F)c2)C(=S)N1CCCC(=O)NCCOCCNC(=O)CC12CC3CC(CC(C3)C1)C2. The molecule has 0 spiro atoms. The van der Waals surface area contributed by atoms with Crippen molar-refractivity contribution >= 4 is 40.7 Å². The molecule has 46 heavy (non-hydrogen) atoms. The Bertz CT molecular complexity index is 1370. The third kappa shape index (κ3) is 7.33. The number of anilines is 1. The zero-order valence-electron chi connectivity index (χ0n) is 26.4. The van der Waals surface area contributed by atoms with Crippen molar-refractivity contribution in [1.29, 1.82) is 5.26 Å². The van der Waals surface area contributed by atoms with Gasteiger partial charge in [-0.3, -0.25) is 19.3 Å². The topological polar surface area (TPSA) is 115 Å². The van der Waals surface area contributed by atoms with Crippen LogP contribution in [-0.2, 0) is 25.3 Å². The number of rotatable bonds is 13. The number of thiocarbonyl (C=S) groups is 1. The molecule has 4 bridgehead atoms. The molecule has 1 aliphatic heterocycles. The Balaban J connectivity index is 0.985. The fraction of sp³-hybridized carbons (Fsp3) is 0.667. The summed E-state index contributed by atoms with van der Waals surface area (Å²) in [5, 5.41) is 14.9. The van der Waals surface area contributed by atoms with Gasteiger partial charge in [-0.15, -0.1) is 0 Å². The molecule has 5 aliphatic rings. The molecule has 2 N–H and O–H groups in total. The molecule has 4 saturated carbocycles. The molecule has 0 radical (unpaired) electrons. The van der Waals surface area contributed by atoms with Crippen LogP contribution in [0.3, 0.4) is 0 Å². The smallest absolute Gasteiger partial charge is 0.378 e. The highest BCUT2D eigenvalue weighted by atomic mass is 32.1. The molecule has 1 saturated heterocycles. The summed E-state index contributed by atoms with van der Waals surface area (Å²) in [6, 6.07) is 4.58. The average molecular weight is 662 g/mol. The lowest BCUT2D eigenvalue weighted by atomic mass is 9.49. The minimum Gasteiger partial charge on any atom is -0.378 e. The highest BCUT2D eigenvalue weighted by molar-refractivity contribution is 7.80. The van der Waals surface area contributed by atoms with Crippen molar-refractivity contribution in [3.63, 3.8) is 0 Å². The molecule has 3 amide bonds. The van der Waals surface area contributed by atoms with Gasteiger partial charge in [0, 0.05) is 32.5 Å². The first-order valence-corrected chi connectivity index (χ1v) is 16.5. The molecule has 6 rings (SSSR count). The first-order chi connectivity index (χ1) is 21.7. The Morgan fingerprint density at radius 3 is 2.20 bits per heavy atom. The van der Waals surface area contributed by atoms with Crippen LogP contribution in [0.5, 0.6) is 0 Å². The average Bonchev–Trinajstić information content (AvgIpc) is 3.13. The Kier molecular flexibility index (Phi) is 9.99. The van der Waals surface area contributed by atoms with Crippen LogP contribution in [0.2, 0.25) is 0 Å². The van der Waals surface area contributed by atoms with Crippen molar-refractivity contribution in [2.75, 3.05) is 37.7 Å². The second-order valence-electron chi connectivity index (χ2n) is 14.0. The molecule has 0 atom stereocenters. The van der Waals surface area contributed by atoms with E-state index in [0.717, 1.165) is 34.8 Å². The second kappa shape index (κ2) is 13.5. The molecule has 5 fully saturated rings. The van der Waals surface area contributed by atoms with Gasteiger partial charge in [0.2, 0.25) is 11.8 Å². The Morgan fingerprint density at radius 1 is 1.04 bits per heavy atom. The molecule has 9 nitrogen and oxygen atoms in total. The maximum absolute atomic E-state index is 13.5. The molecule has 1 aromatic rings. The van der Waals surface area contributed by atoms with Crippen LogP contribution in [0.1, 0.15) is 82.8 Å². The van der Waals surface area contributed by atoms with Crippen LogP contribution in [0.4, 0.5) is 18.9 Å². The van der Waals surface area contributed by atoms with Gasteiger partial charge in [-0.25, -0.2) is 0 Å². The van der Waals surface area contributed by atoms with Gasteiger partial charge in [-0.2, -0.15) is 18.4 Å². The van der Waals surface area contributed by atoms with Gasteiger partial charge in [0.1, 0.15) is 5.54 Å². The third-order valence-corrected chi connectivity index (χ3v) is 10.5. The number of nitrogens with one attached hydrogen (secondary N) is 2. The molecule has 13 heteroatoms. The minimum atomic E-state index is -4.78. The minimum absolute atomic E-state index is 0.0340. The Labute approximate surface area is 273 Å². The van der Waals surface area contributed by atoms with Gasteiger partial charge >= 0.3 is 6.18 Å². The maximum Gasteiger partial charge on any atom is 0.417 e. The lowest BCUT2D eigenvalue weighted by molar-refractivity contribution is -0.138. The Morgan fingerprint density at radius 2 is 1.63 bits per heavy atom. The summed E-state index contributed by atoms with van der Waals surface area (Å²) in [5.41, 5.74) is -2.69. The standard InChI is InChI=1S/C33H42F3N5O4S/c1-31(2)29(44)41(25-6-5-24(20-37)26(15-25)33(34,35)36)30(46)40(31)9-3-4-27(42)38-7-10-45-11-8-39-28(43)19-32-16-21-12-22(17-32)14-23(13-21)18-32/h5-6,15,21-23H,3-4,7-14,16-19H2,1-2H3,(H,38,42)(H,39,43). The van der Waals surface area contributed by atoms with Crippen molar-refractivity contribution < 1.29 is 32.3 Å². The van der Waals surface area contributed by atoms with Crippen molar-refractivity contribution in [2.24, 2.45) is 23.2 Å². The molecule has 4 aliphatic carbocycles. The quantitative estimate of drug-likeness (QED) is 0.228. The molecular formula is C33H42F3N5O4S. The number of nitrogens with zero attached hydrogens (tertiary/aromatic N) is 3. The number of amides is 3. The number of nitriles is 1. The fourth-order valence-corrected chi connectivity index (χ4v) is 8.97. The number of hydrogen-bond donors (Lipinski definition) is 2. The summed E-state index contributed by atoms with van der Waals surface area (Å²) in [6.45, 7) is 4.88. The van der Waals surface area contributed by atoms with Crippen LogP contribution in [-0.4, -0.2) is 66.1 Å². The molecule has 1 heterocycles. The van der Waals surface area contributed by atoms with E-state index >= 15 is 0 Å². The number of ether oxygens (including phenoxy) is 1. The second-order valence-corrected chi connectivity index (χ2v) is 14.3. The summed E-state index contributed by atoms with van der Waals surface area (Å²) in [4.78, 5) is 40.9. The molecule has 0 aromatic heterocycles. The first-order valence-electron chi connectivity index (χ1n) is 16.1. The van der Waals surface area contributed by atoms with E-state index in [0.29, 0.717) is 39.1 Å². The Hall–Kier alpha value is -3.24. The number of carbonyl (C=O) groups is 3. The summed E-state index contributed by atoms with van der Waals surface area (Å²) in [5.74, 6) is 1.84. The van der Waals surface area contributed by atoms with E-state index in [4.69, 9.17) is 22.2 Å². The zero-order chi connectivity index (χ0) is 33.3. The van der Waals surface area contributed by atoms with E-state index < -0.39 is 28.7 Å². The van der Waals surface area contributed by atoms with Gasteiger partial charge in [-0.1, -0.05) is 0 Å². The van der Waals surface area contributed by atoms with E-state index in [-0.39, 0.29) is 41.0 Å². The zero-order valence-corrected chi connectivity index (χ0v) is 27.2. The van der Waals surface area contributed by atoms with Crippen molar-refractivity contribution in [3.05, 3.63) is 29.3 Å². The summed E-state index contributed by atoms with van der Waals surface area (Å²) >= 11 is 5.49. The monoisotopic (exact) mass is 661 g/mol. The van der Waals surface area contributed by atoms with Gasteiger partial charge in [0.25, 0.3) is 5.91 Å². The van der Waals surface area contributed by atoms with Crippen molar-refractivity contribution in [3.8, 4) is 6.07 Å². The molecular weight excluding hydrogens is 619 g/mol. The van der Waals surface area contributed by atoms with Crippen molar-refractivity contribution in [2.45, 2.75) is 83.4 Å². The van der Waals surface area contributed by atoms with Crippen molar-refractivity contribution in [1.82, 2.24) is 15.5 Å². The highest BCUT2D eigenvalue weighted by Crippen LogP contribution is 2.61. The highest BCUT2D eigenvalue weighted by Gasteiger charge is 2.52. The largest absolute Gasteiger partial charge is 0.417 e. The van der Waals surface area contributed by atoms with E-state index in [1.165, 1.54) is 50.7 Å². The number of benzene rings is 1. The third-order valence-electron chi connectivity index (χ3n) is 10.1. The summed E-state index contributed by atoms with van der Waals surface area (Å²) in [7, 11) is 0. The van der Waals surface area contributed by atoms with Crippen LogP contribution in [0.15, 0.2) is 18.2 Å².